The average molecular weight is 446 g/mol. The van der Waals surface area contributed by atoms with Crippen LogP contribution in [0.5, 0.6) is 0 Å². The number of carbonyl (C=O) groups is 3. The molecule has 1 aliphatic heterocycles. The molecule has 1 saturated heterocycles. The maximum atomic E-state index is 12.8. The van der Waals surface area contributed by atoms with Crippen molar-refractivity contribution in [3.63, 3.8) is 0 Å². The van der Waals surface area contributed by atoms with Gasteiger partial charge in [0.25, 0.3) is 0 Å². The molecule has 5 N–H and O–H groups in total. The van der Waals surface area contributed by atoms with Gasteiger partial charge in [-0.1, -0.05) is 41.9 Å². The zero-order chi connectivity index (χ0) is 22.5. The molecule has 1 fully saturated rings. The van der Waals surface area contributed by atoms with Crippen LogP contribution in [0.15, 0.2) is 42.6 Å². The van der Waals surface area contributed by atoms with Crippen LogP contribution in [0.4, 0.5) is 10.6 Å². The van der Waals surface area contributed by atoms with Crippen molar-refractivity contribution in [2.24, 2.45) is 0 Å². The number of hydrogen-bond acceptors (Lipinski definition) is 5. The fourth-order valence-electron chi connectivity index (χ4n) is 3.61. The minimum Gasteiger partial charge on any atom is -0.465 e. The smallest absolute Gasteiger partial charge is 0.408 e. The molecule has 31 heavy (non-hydrogen) atoms. The van der Waals surface area contributed by atoms with Crippen LogP contribution in [-0.4, -0.2) is 51.5 Å². The largest absolute Gasteiger partial charge is 0.465 e. The highest BCUT2D eigenvalue weighted by Gasteiger charge is 2.40. The van der Waals surface area contributed by atoms with Gasteiger partial charge in [-0.05, 0) is 25.0 Å². The minimum absolute atomic E-state index is 0.0875. The third kappa shape index (κ3) is 5.43. The lowest BCUT2D eigenvalue weighted by atomic mass is 9.96. The molecular weight excluding hydrogens is 422 g/mol. The number of amides is 3. The Morgan fingerprint density at radius 2 is 2.03 bits per heavy atom. The highest BCUT2D eigenvalue weighted by Crippen LogP contribution is 2.31. The van der Waals surface area contributed by atoms with Crippen LogP contribution in [0.3, 0.4) is 0 Å². The summed E-state index contributed by atoms with van der Waals surface area (Å²) in [6.45, 7) is 1.85. The number of nitrogen functional groups attached to an aromatic ring is 1. The Kier molecular flexibility index (Phi) is 6.96. The first-order valence-electron chi connectivity index (χ1n) is 9.78. The van der Waals surface area contributed by atoms with Gasteiger partial charge in [0, 0.05) is 30.8 Å². The van der Waals surface area contributed by atoms with Crippen LogP contribution in [-0.2, 0) is 16.1 Å². The second-order valence-electron chi connectivity index (χ2n) is 7.44. The molecule has 0 spiro atoms. The summed E-state index contributed by atoms with van der Waals surface area (Å²) in [5, 5.41) is 15.2. The number of benzene rings is 1. The van der Waals surface area contributed by atoms with Crippen molar-refractivity contribution in [3.05, 3.63) is 58.7 Å². The number of carbonyl (C=O) groups excluding carboxylic acids is 2. The van der Waals surface area contributed by atoms with E-state index in [1.807, 2.05) is 30.3 Å². The maximum Gasteiger partial charge on any atom is 0.408 e. The van der Waals surface area contributed by atoms with E-state index in [4.69, 9.17) is 17.3 Å². The minimum atomic E-state index is -1.17. The quantitative estimate of drug-likeness (QED) is 0.536. The Morgan fingerprint density at radius 1 is 1.32 bits per heavy atom. The molecule has 3 amide bonds. The van der Waals surface area contributed by atoms with Gasteiger partial charge < -0.3 is 21.5 Å². The highest BCUT2D eigenvalue weighted by atomic mass is 35.5. The van der Waals surface area contributed by atoms with Gasteiger partial charge in [0.1, 0.15) is 17.9 Å². The molecule has 0 aliphatic carbocycles. The molecule has 1 aliphatic rings. The number of carboxylic acid groups (broad SMARTS) is 1. The summed E-state index contributed by atoms with van der Waals surface area (Å²) in [5.74, 6) is -0.786. The Labute approximate surface area is 184 Å². The Bertz CT molecular complexity index is 971. The first kappa shape index (κ1) is 22.4. The van der Waals surface area contributed by atoms with Gasteiger partial charge in [-0.3, -0.25) is 14.5 Å². The molecule has 164 valence electrons. The summed E-state index contributed by atoms with van der Waals surface area (Å²) < 4.78 is 0. The van der Waals surface area contributed by atoms with Gasteiger partial charge in [0.05, 0.1) is 5.02 Å². The van der Waals surface area contributed by atoms with E-state index in [-0.39, 0.29) is 24.8 Å². The van der Waals surface area contributed by atoms with Crippen LogP contribution in [0.1, 0.15) is 30.4 Å². The van der Waals surface area contributed by atoms with Crippen molar-refractivity contribution in [2.45, 2.75) is 37.9 Å². The number of nitrogens with two attached hydrogens (primary N) is 1. The fraction of sp³-hybridized carbons (Fsp3) is 0.333. The summed E-state index contributed by atoms with van der Waals surface area (Å²) in [4.78, 5) is 41.9. The van der Waals surface area contributed by atoms with Crippen molar-refractivity contribution in [3.8, 4) is 0 Å². The van der Waals surface area contributed by atoms with E-state index in [2.05, 4.69) is 15.6 Å². The van der Waals surface area contributed by atoms with Gasteiger partial charge in [0.15, 0.2) is 0 Å². The Morgan fingerprint density at radius 3 is 2.71 bits per heavy atom. The fourth-order valence-corrected chi connectivity index (χ4v) is 3.79. The molecule has 2 unspecified atom stereocenters. The highest BCUT2D eigenvalue weighted by molar-refractivity contribution is 6.30. The van der Waals surface area contributed by atoms with E-state index in [0.717, 1.165) is 10.5 Å². The molecule has 2 heterocycles. The zero-order valence-electron chi connectivity index (χ0n) is 16.9. The molecule has 1 aromatic heterocycles. The van der Waals surface area contributed by atoms with Gasteiger partial charge in [-0.2, -0.15) is 0 Å². The molecule has 9 nitrogen and oxygen atoms in total. The van der Waals surface area contributed by atoms with Crippen molar-refractivity contribution in [2.75, 3.05) is 12.3 Å². The number of hydrogen-bond donors (Lipinski definition) is 4. The number of anilines is 1. The summed E-state index contributed by atoms with van der Waals surface area (Å²) >= 11 is 5.89. The van der Waals surface area contributed by atoms with Gasteiger partial charge in [-0.15, -0.1) is 0 Å². The third-order valence-electron chi connectivity index (χ3n) is 5.29. The van der Waals surface area contributed by atoms with Crippen molar-refractivity contribution < 1.29 is 19.5 Å². The Balaban J connectivity index is 1.60. The normalized spacial score (nSPS) is 19.0. The predicted octanol–water partition coefficient (Wildman–Crippen LogP) is 1.97. The Hall–Kier alpha value is -3.33. The first-order valence-corrected chi connectivity index (χ1v) is 10.2. The lowest BCUT2D eigenvalue weighted by Gasteiger charge is -2.22. The summed E-state index contributed by atoms with van der Waals surface area (Å²) in [5.41, 5.74) is 7.30. The number of aromatic nitrogens is 1. The molecule has 2 aromatic rings. The van der Waals surface area contributed by atoms with E-state index in [9.17, 15) is 19.5 Å². The number of halogens is 1. The standard InChI is InChI=1S/C21H24ClN5O4/c1-12(19(28)25-9-14-7-16(22)10-24-18(14)23)26-20(29)17-8-15(11-27(17)21(30)31)13-5-3-2-4-6-13/h2-7,10,12,15,17H,8-9,11H2,1H3,(H2,23,24)(H,25,28)(H,26,29)(H,30,31)/t12?,15?,17-/m1/s1. The summed E-state index contributed by atoms with van der Waals surface area (Å²) in [6.07, 6.45) is 0.588. The van der Waals surface area contributed by atoms with Crippen LogP contribution in [0.2, 0.25) is 5.02 Å². The van der Waals surface area contributed by atoms with Gasteiger partial charge >= 0.3 is 6.09 Å². The average Bonchev–Trinajstić information content (AvgIpc) is 3.21. The number of likely N-dealkylation sites (tertiary alicyclic amines) is 1. The van der Waals surface area contributed by atoms with E-state index in [1.54, 1.807) is 6.07 Å². The van der Waals surface area contributed by atoms with E-state index >= 15 is 0 Å². The topological polar surface area (TPSA) is 138 Å². The number of pyridine rings is 1. The molecule has 0 saturated carbocycles. The number of rotatable bonds is 6. The molecule has 1 aromatic carbocycles. The molecule has 10 heteroatoms. The predicted molar refractivity (Wildman–Crippen MR) is 115 cm³/mol. The van der Waals surface area contributed by atoms with Gasteiger partial charge in [0.2, 0.25) is 11.8 Å². The molecule has 0 bridgehead atoms. The van der Waals surface area contributed by atoms with E-state index in [0.29, 0.717) is 17.0 Å². The van der Waals surface area contributed by atoms with Crippen LogP contribution < -0.4 is 16.4 Å². The van der Waals surface area contributed by atoms with E-state index < -0.39 is 30.0 Å². The summed E-state index contributed by atoms with van der Waals surface area (Å²) in [7, 11) is 0. The van der Waals surface area contributed by atoms with Crippen LogP contribution in [0.25, 0.3) is 0 Å². The molecule has 0 radical (unpaired) electrons. The number of nitrogens with one attached hydrogen (secondary N) is 2. The second kappa shape index (κ2) is 9.65. The summed E-state index contributed by atoms with van der Waals surface area (Å²) in [6, 6.07) is 9.32. The molecule has 3 rings (SSSR count). The van der Waals surface area contributed by atoms with Gasteiger partial charge in [-0.25, -0.2) is 9.78 Å². The number of nitrogens with zero attached hydrogens (tertiary/aromatic N) is 2. The second-order valence-corrected chi connectivity index (χ2v) is 7.88. The first-order chi connectivity index (χ1) is 14.8. The SMILES string of the molecule is CC(NC(=O)[C@H]1CC(c2ccccc2)CN1C(=O)O)C(=O)NCc1cc(Cl)cnc1N. The third-order valence-corrected chi connectivity index (χ3v) is 5.50. The lowest BCUT2D eigenvalue weighted by Crippen LogP contribution is -2.51. The van der Waals surface area contributed by atoms with Crippen molar-refractivity contribution >= 4 is 35.3 Å². The monoisotopic (exact) mass is 445 g/mol. The van der Waals surface area contributed by atoms with Crippen LogP contribution in [0, 0.1) is 0 Å². The lowest BCUT2D eigenvalue weighted by molar-refractivity contribution is -0.130. The van der Waals surface area contributed by atoms with E-state index in [1.165, 1.54) is 13.1 Å². The van der Waals surface area contributed by atoms with Crippen LogP contribution >= 0.6 is 11.6 Å². The zero-order valence-corrected chi connectivity index (χ0v) is 17.7. The molecule has 3 atom stereocenters. The van der Waals surface area contributed by atoms with Crippen molar-refractivity contribution in [1.82, 2.24) is 20.5 Å². The van der Waals surface area contributed by atoms with Crippen molar-refractivity contribution in [1.29, 1.82) is 0 Å². The molecular formula is C21H24ClN5O4. The maximum absolute atomic E-state index is 12.8.